The van der Waals surface area contributed by atoms with E-state index in [1.165, 1.54) is 24.3 Å². The normalized spacial score (nSPS) is 11.2. The van der Waals surface area contributed by atoms with Crippen LogP contribution in [0.3, 0.4) is 0 Å². The first-order chi connectivity index (χ1) is 20.3. The second-order valence-corrected chi connectivity index (χ2v) is 10.8. The van der Waals surface area contributed by atoms with E-state index in [9.17, 15) is 49.7 Å². The van der Waals surface area contributed by atoms with Crippen LogP contribution < -0.4 is 9.05 Å². The molecular formula is C30H27O12P. The Labute approximate surface area is 244 Å². The summed E-state index contributed by atoms with van der Waals surface area (Å²) in [6.07, 6.45) is 0.307. The van der Waals surface area contributed by atoms with Crippen molar-refractivity contribution in [1.29, 1.82) is 0 Å². The molecule has 0 saturated carbocycles. The molecule has 0 aromatic heterocycles. The molecule has 0 aliphatic heterocycles. The van der Waals surface area contributed by atoms with E-state index in [-0.39, 0.29) is 59.8 Å². The van der Waals surface area contributed by atoms with Gasteiger partial charge in [0.1, 0.15) is 57.1 Å². The fraction of sp³-hybridized carbons (Fsp3) is 0.133. The van der Waals surface area contributed by atoms with Crippen molar-refractivity contribution >= 4 is 19.4 Å². The lowest BCUT2D eigenvalue weighted by molar-refractivity contribution is 0.0968. The highest BCUT2D eigenvalue weighted by atomic mass is 31.2. The highest BCUT2D eigenvalue weighted by Gasteiger charge is 2.25. The summed E-state index contributed by atoms with van der Waals surface area (Å²) in [4.78, 5) is 35.1. The monoisotopic (exact) mass is 610 g/mol. The zero-order valence-corrected chi connectivity index (χ0v) is 23.3. The molecule has 224 valence electrons. The van der Waals surface area contributed by atoms with E-state index in [4.69, 9.17) is 9.05 Å². The predicted octanol–water partition coefficient (Wildman–Crippen LogP) is 5.11. The minimum Gasteiger partial charge on any atom is -0.508 e. The Kier molecular flexibility index (Phi) is 9.13. The average molecular weight is 611 g/mol. The highest BCUT2D eigenvalue weighted by Crippen LogP contribution is 2.44. The van der Waals surface area contributed by atoms with Crippen molar-refractivity contribution in [3.05, 3.63) is 95.1 Å². The van der Waals surface area contributed by atoms with Gasteiger partial charge in [-0.1, -0.05) is 24.3 Å². The van der Waals surface area contributed by atoms with E-state index < -0.39 is 42.4 Å². The molecule has 0 atom stereocenters. The third-order valence-electron chi connectivity index (χ3n) is 6.29. The van der Waals surface area contributed by atoms with E-state index in [0.717, 1.165) is 24.3 Å². The first-order valence-corrected chi connectivity index (χ1v) is 14.3. The highest BCUT2D eigenvalue weighted by molar-refractivity contribution is 7.48. The number of phenolic OH excluding ortho intramolecular Hbond substituents is 6. The van der Waals surface area contributed by atoms with Crippen molar-refractivity contribution in [2.75, 3.05) is 0 Å². The Morgan fingerprint density at radius 1 is 0.558 bits per heavy atom. The fourth-order valence-corrected chi connectivity index (χ4v) is 5.06. The first kappa shape index (κ1) is 30.8. The number of carbonyl (C=O) groups is 2. The third-order valence-corrected chi connectivity index (χ3v) is 7.17. The maximum Gasteiger partial charge on any atom is 0.584 e. The molecule has 0 fully saturated rings. The molecule has 0 spiro atoms. The minimum atomic E-state index is -4.60. The molecule has 0 unspecified atom stereocenters. The van der Waals surface area contributed by atoms with E-state index in [2.05, 4.69) is 0 Å². The molecular weight excluding hydrogens is 583 g/mol. The topological polar surface area (TPSA) is 211 Å². The van der Waals surface area contributed by atoms with Crippen LogP contribution in [0.2, 0.25) is 0 Å². The quantitative estimate of drug-likeness (QED) is 0.0824. The van der Waals surface area contributed by atoms with Gasteiger partial charge in [0.05, 0.1) is 0 Å². The number of hydrogen-bond acceptors (Lipinski definition) is 11. The summed E-state index contributed by atoms with van der Waals surface area (Å²) in [5.41, 5.74) is 0.730. The molecule has 7 N–H and O–H groups in total. The zero-order valence-electron chi connectivity index (χ0n) is 22.4. The Bertz CT molecular complexity index is 1530. The molecule has 12 nitrogen and oxygen atoms in total. The van der Waals surface area contributed by atoms with E-state index >= 15 is 0 Å². The SMILES string of the molecule is O=C(CCc1ccc(OP(=O)(O)Oc2ccc(CCC(=O)c3c(O)cc(O)cc3O)cc2)cc1)c1c(O)cc(O)cc1O. The summed E-state index contributed by atoms with van der Waals surface area (Å²) in [6, 6.07) is 15.7. The average Bonchev–Trinajstić information content (AvgIpc) is 2.91. The Morgan fingerprint density at radius 2 is 0.860 bits per heavy atom. The molecule has 0 amide bonds. The predicted molar refractivity (Wildman–Crippen MR) is 152 cm³/mol. The molecule has 0 aliphatic rings. The number of phosphoric acid groups is 1. The van der Waals surface area contributed by atoms with Crippen LogP contribution >= 0.6 is 7.82 Å². The van der Waals surface area contributed by atoms with Crippen molar-refractivity contribution in [3.8, 4) is 46.0 Å². The van der Waals surface area contributed by atoms with Gasteiger partial charge in [-0.25, -0.2) is 4.57 Å². The largest absolute Gasteiger partial charge is 0.584 e. The lowest BCUT2D eigenvalue weighted by Gasteiger charge is -2.14. The smallest absolute Gasteiger partial charge is 0.508 e. The zero-order chi connectivity index (χ0) is 31.3. The van der Waals surface area contributed by atoms with Crippen LogP contribution in [0.15, 0.2) is 72.8 Å². The van der Waals surface area contributed by atoms with Gasteiger partial charge in [-0.05, 0) is 48.2 Å². The van der Waals surface area contributed by atoms with Crippen molar-refractivity contribution in [3.63, 3.8) is 0 Å². The van der Waals surface area contributed by atoms with Gasteiger partial charge in [-0.15, -0.1) is 0 Å². The molecule has 4 aromatic rings. The molecule has 4 rings (SSSR count). The molecule has 0 radical (unpaired) electrons. The number of aryl methyl sites for hydroxylation is 2. The second-order valence-electron chi connectivity index (χ2n) is 9.50. The van der Waals surface area contributed by atoms with Crippen LogP contribution in [0.5, 0.6) is 46.0 Å². The Hall–Kier alpha value is -5.19. The number of phenols is 6. The molecule has 0 saturated heterocycles. The van der Waals surface area contributed by atoms with E-state index in [0.29, 0.717) is 11.1 Å². The van der Waals surface area contributed by atoms with Gasteiger partial charge in [0, 0.05) is 37.1 Å². The van der Waals surface area contributed by atoms with Crippen LogP contribution in [0.25, 0.3) is 0 Å². The van der Waals surface area contributed by atoms with Gasteiger partial charge in [-0.3, -0.25) is 14.5 Å². The van der Waals surface area contributed by atoms with E-state index in [1.807, 2.05) is 0 Å². The fourth-order valence-electron chi connectivity index (χ4n) is 4.25. The lowest BCUT2D eigenvalue weighted by Crippen LogP contribution is -2.03. The second kappa shape index (κ2) is 12.8. The molecule has 0 bridgehead atoms. The number of aromatic hydroxyl groups is 6. The Balaban J connectivity index is 1.28. The molecule has 0 heterocycles. The van der Waals surface area contributed by atoms with Crippen LogP contribution in [-0.2, 0) is 17.4 Å². The van der Waals surface area contributed by atoms with Gasteiger partial charge in [0.2, 0.25) is 0 Å². The van der Waals surface area contributed by atoms with Gasteiger partial charge in [0.25, 0.3) is 0 Å². The minimum absolute atomic E-state index is 0.0191. The summed E-state index contributed by atoms with van der Waals surface area (Å²) >= 11 is 0. The maximum absolute atomic E-state index is 12.5. The van der Waals surface area contributed by atoms with Crippen molar-refractivity contribution < 1.29 is 58.7 Å². The summed E-state index contributed by atoms with van der Waals surface area (Å²) in [5, 5.41) is 58.2. The van der Waals surface area contributed by atoms with Crippen molar-refractivity contribution in [2.24, 2.45) is 0 Å². The standard InChI is InChI=1S/C30H27O12P/c31-19-13-25(35)29(26(36)14-19)23(33)11-5-17-1-7-21(8-2-17)41-43(39,40)42-22-9-3-18(4-10-22)6-12-24(34)30-27(37)15-20(32)16-28(30)38/h1-4,7-10,13-16,31-32,35-38H,5-6,11-12H2,(H,39,40). The maximum atomic E-state index is 12.5. The summed E-state index contributed by atoms with van der Waals surface area (Å²) < 4.78 is 22.8. The van der Waals surface area contributed by atoms with Gasteiger partial charge < -0.3 is 39.7 Å². The summed E-state index contributed by atoms with van der Waals surface area (Å²) in [7, 11) is -4.60. The number of hydrogen-bond donors (Lipinski definition) is 7. The van der Waals surface area contributed by atoms with Crippen molar-refractivity contribution in [2.45, 2.75) is 25.7 Å². The lowest BCUT2D eigenvalue weighted by atomic mass is 10.0. The number of phosphoric ester groups is 1. The first-order valence-electron chi connectivity index (χ1n) is 12.8. The van der Waals surface area contributed by atoms with Crippen LogP contribution in [0, 0.1) is 0 Å². The van der Waals surface area contributed by atoms with Crippen molar-refractivity contribution in [1.82, 2.24) is 0 Å². The van der Waals surface area contributed by atoms with Gasteiger partial charge in [-0.2, -0.15) is 0 Å². The van der Waals surface area contributed by atoms with E-state index in [1.54, 1.807) is 24.3 Å². The van der Waals surface area contributed by atoms with Crippen LogP contribution in [-0.4, -0.2) is 47.1 Å². The number of benzene rings is 4. The third kappa shape index (κ3) is 7.97. The van der Waals surface area contributed by atoms with Crippen LogP contribution in [0.4, 0.5) is 0 Å². The Morgan fingerprint density at radius 3 is 1.16 bits per heavy atom. The van der Waals surface area contributed by atoms with Gasteiger partial charge >= 0.3 is 7.82 Å². The number of rotatable bonds is 12. The van der Waals surface area contributed by atoms with Gasteiger partial charge in [0.15, 0.2) is 11.6 Å². The summed E-state index contributed by atoms with van der Waals surface area (Å²) in [5.74, 6) is -3.98. The number of carbonyl (C=O) groups excluding carboxylic acids is 2. The number of ketones is 2. The molecule has 0 aliphatic carbocycles. The summed E-state index contributed by atoms with van der Waals surface area (Å²) in [6.45, 7) is 0. The number of Topliss-reactive ketones (excluding diaryl/α,β-unsaturated/α-hetero) is 2. The molecule has 13 heteroatoms. The molecule has 4 aromatic carbocycles. The van der Waals surface area contributed by atoms with Crippen LogP contribution in [0.1, 0.15) is 44.7 Å². The molecule has 43 heavy (non-hydrogen) atoms.